The predicted octanol–water partition coefficient (Wildman–Crippen LogP) is 5.56. The third-order valence-electron chi connectivity index (χ3n) is 10.6. The molecule has 0 fully saturated rings. The van der Waals surface area contributed by atoms with Gasteiger partial charge in [-0.15, -0.1) is 0 Å². The molecule has 58 heavy (non-hydrogen) atoms. The summed E-state index contributed by atoms with van der Waals surface area (Å²) in [7, 11) is 9.30. The SMILES string of the molecule is COc1cc2c(c(OC)c1OC)-c1ccc(NCCNc3ccc4c(cc3=O)[C@H](NC(C)=O)CCc3cc(OC)c(OC)c(OC)c3-4)c(=O)cc1[C@@H](NC(C)=O)CC2. The third kappa shape index (κ3) is 8.04. The van der Waals surface area contributed by atoms with Gasteiger partial charge in [-0.3, -0.25) is 19.2 Å². The Hall–Kier alpha value is -6.44. The molecule has 0 unspecified atom stereocenters. The predicted molar refractivity (Wildman–Crippen MR) is 222 cm³/mol. The second kappa shape index (κ2) is 17.8. The minimum atomic E-state index is -0.444. The van der Waals surface area contributed by atoms with Gasteiger partial charge in [0.05, 0.1) is 66.1 Å². The smallest absolute Gasteiger partial charge is 0.217 e. The largest absolute Gasteiger partial charge is 0.493 e. The lowest BCUT2D eigenvalue weighted by atomic mass is 9.95. The lowest BCUT2D eigenvalue weighted by molar-refractivity contribution is -0.120. The van der Waals surface area contributed by atoms with Gasteiger partial charge in [0.25, 0.3) is 0 Å². The molecule has 2 atom stereocenters. The van der Waals surface area contributed by atoms with Crippen molar-refractivity contribution in [2.24, 2.45) is 0 Å². The number of hydrogen-bond acceptors (Lipinski definition) is 12. The normalized spacial score (nSPS) is 15.0. The Morgan fingerprint density at radius 3 is 1.26 bits per heavy atom. The lowest BCUT2D eigenvalue weighted by Crippen LogP contribution is -2.27. The van der Waals surface area contributed by atoms with Gasteiger partial charge in [-0.05, 0) is 95.5 Å². The van der Waals surface area contributed by atoms with Crippen molar-refractivity contribution in [3.63, 3.8) is 0 Å². The molecule has 0 spiro atoms. The molecule has 2 amide bonds. The van der Waals surface area contributed by atoms with E-state index in [4.69, 9.17) is 28.4 Å². The summed E-state index contributed by atoms with van der Waals surface area (Å²) >= 11 is 0. The van der Waals surface area contributed by atoms with Crippen LogP contribution in [0.1, 0.15) is 61.0 Å². The average molecular weight is 795 g/mol. The highest BCUT2D eigenvalue weighted by molar-refractivity contribution is 5.85. The zero-order chi connectivity index (χ0) is 41.7. The van der Waals surface area contributed by atoms with E-state index in [9.17, 15) is 19.2 Å². The second-order valence-corrected chi connectivity index (χ2v) is 14.0. The Morgan fingerprint density at radius 2 is 0.931 bits per heavy atom. The molecule has 0 saturated heterocycles. The first-order valence-electron chi connectivity index (χ1n) is 19.0. The molecule has 2 aliphatic carbocycles. The van der Waals surface area contributed by atoms with E-state index in [1.165, 1.54) is 28.1 Å². The van der Waals surface area contributed by atoms with Crippen molar-refractivity contribution in [2.45, 2.75) is 51.6 Å². The maximum atomic E-state index is 13.8. The molecule has 0 heterocycles. The number of ether oxygens (including phenoxy) is 6. The number of aryl methyl sites for hydroxylation is 2. The van der Waals surface area contributed by atoms with Crippen LogP contribution in [0.25, 0.3) is 22.3 Å². The van der Waals surface area contributed by atoms with Gasteiger partial charge in [0, 0.05) is 38.1 Å². The van der Waals surface area contributed by atoms with Crippen LogP contribution in [0.4, 0.5) is 11.4 Å². The molecule has 14 heteroatoms. The number of fused-ring (bicyclic) bond motifs is 6. The van der Waals surface area contributed by atoms with Crippen LogP contribution >= 0.6 is 0 Å². The highest BCUT2D eigenvalue weighted by Crippen LogP contribution is 2.51. The zero-order valence-electron chi connectivity index (χ0n) is 34.1. The number of amides is 2. The van der Waals surface area contributed by atoms with E-state index < -0.39 is 12.1 Å². The molecule has 306 valence electrons. The van der Waals surface area contributed by atoms with Gasteiger partial charge in [-0.2, -0.15) is 0 Å². The number of carbonyl (C=O) groups is 2. The lowest BCUT2D eigenvalue weighted by Gasteiger charge is -2.19. The van der Waals surface area contributed by atoms with Gasteiger partial charge in [-0.1, -0.05) is 12.1 Å². The van der Waals surface area contributed by atoms with Crippen LogP contribution in [0.2, 0.25) is 0 Å². The molecule has 2 aliphatic rings. The molecular weight excluding hydrogens is 745 g/mol. The Bertz CT molecular complexity index is 2200. The summed E-state index contributed by atoms with van der Waals surface area (Å²) in [5.74, 6) is 2.36. The van der Waals surface area contributed by atoms with Crippen molar-refractivity contribution < 1.29 is 38.0 Å². The standard InChI is InChI=1S/C44H50N4O10/c1-23(49)47-31-13-9-25-19-37(53-3)41(55-5)43(57-7)39(25)27-11-15-33(35(51)21-29(27)31)45-17-18-46-34-16-12-28-30(22-36(34)52)32(48-24(2)50)14-10-26-20-38(54-4)42(56-6)44(58-8)40(26)28/h11-12,15-16,19-22,31-32H,9-10,13-14,17-18H2,1-8H3,(H,45,51)(H,46,52)(H,47,49)(H,48,50)/t31-,32+. The first-order chi connectivity index (χ1) is 28.0. The minimum Gasteiger partial charge on any atom is -0.493 e. The monoisotopic (exact) mass is 794 g/mol. The van der Waals surface area contributed by atoms with Gasteiger partial charge in [0.2, 0.25) is 34.2 Å². The summed E-state index contributed by atoms with van der Waals surface area (Å²) in [4.78, 5) is 52.4. The zero-order valence-corrected chi connectivity index (χ0v) is 34.1. The van der Waals surface area contributed by atoms with E-state index in [2.05, 4.69) is 21.3 Å². The molecule has 0 bridgehead atoms. The average Bonchev–Trinajstić information content (AvgIpc) is 3.59. The van der Waals surface area contributed by atoms with E-state index in [1.54, 1.807) is 52.7 Å². The van der Waals surface area contributed by atoms with Crippen LogP contribution in [0.5, 0.6) is 34.5 Å². The summed E-state index contributed by atoms with van der Waals surface area (Å²) in [6.45, 7) is 3.47. The quantitative estimate of drug-likeness (QED) is 0.124. The van der Waals surface area contributed by atoms with Gasteiger partial charge in [0.15, 0.2) is 23.0 Å². The van der Waals surface area contributed by atoms with Crippen molar-refractivity contribution in [3.8, 4) is 56.8 Å². The van der Waals surface area contributed by atoms with E-state index in [-0.39, 0.29) is 35.8 Å². The van der Waals surface area contributed by atoms with Crippen LogP contribution in [-0.2, 0) is 22.4 Å². The fraction of sp³-hybridized carbons (Fsp3) is 0.364. The van der Waals surface area contributed by atoms with Crippen molar-refractivity contribution in [1.82, 2.24) is 10.6 Å². The van der Waals surface area contributed by atoms with Crippen molar-refractivity contribution in [3.05, 3.63) is 91.2 Å². The first kappa shape index (κ1) is 41.2. The molecule has 14 nitrogen and oxygen atoms in total. The molecule has 0 aromatic heterocycles. The number of nitrogens with one attached hydrogen (secondary N) is 4. The van der Waals surface area contributed by atoms with Gasteiger partial charge in [0.1, 0.15) is 0 Å². The Labute approximate surface area is 337 Å². The van der Waals surface area contributed by atoms with Crippen LogP contribution < -0.4 is 60.5 Å². The van der Waals surface area contributed by atoms with Crippen molar-refractivity contribution in [2.75, 3.05) is 66.4 Å². The van der Waals surface area contributed by atoms with E-state index >= 15 is 0 Å². The molecule has 6 rings (SSSR count). The van der Waals surface area contributed by atoms with E-state index in [1.807, 2.05) is 24.3 Å². The van der Waals surface area contributed by atoms with E-state index in [0.29, 0.717) is 93.8 Å². The summed E-state index contributed by atoms with van der Waals surface area (Å²) in [6.07, 6.45) is 2.24. The van der Waals surface area contributed by atoms with Gasteiger partial charge in [-0.25, -0.2) is 0 Å². The Kier molecular flexibility index (Phi) is 12.6. The number of benzene rings is 2. The number of anilines is 2. The van der Waals surface area contributed by atoms with Gasteiger partial charge >= 0.3 is 0 Å². The third-order valence-corrected chi connectivity index (χ3v) is 10.6. The van der Waals surface area contributed by atoms with Crippen LogP contribution in [0, 0.1) is 0 Å². The number of methoxy groups -OCH3 is 6. The topological polar surface area (TPSA) is 172 Å². The minimum absolute atomic E-state index is 0.218. The van der Waals surface area contributed by atoms with Crippen LogP contribution in [0.15, 0.2) is 58.1 Å². The van der Waals surface area contributed by atoms with E-state index in [0.717, 1.165) is 22.3 Å². The number of rotatable bonds is 13. The number of carbonyl (C=O) groups excluding carboxylic acids is 2. The maximum Gasteiger partial charge on any atom is 0.217 e. The van der Waals surface area contributed by atoms with Crippen molar-refractivity contribution >= 4 is 23.2 Å². The molecular formula is C44H50N4O10. The maximum absolute atomic E-state index is 13.8. The Balaban J connectivity index is 1.33. The molecule has 0 radical (unpaired) electrons. The Morgan fingerprint density at radius 1 is 0.552 bits per heavy atom. The fourth-order valence-electron chi connectivity index (χ4n) is 8.10. The second-order valence-electron chi connectivity index (χ2n) is 14.0. The highest BCUT2D eigenvalue weighted by Gasteiger charge is 2.31. The summed E-state index contributed by atoms with van der Waals surface area (Å²) in [6, 6.07) is 13.2. The number of hydrogen-bond donors (Lipinski definition) is 4. The van der Waals surface area contributed by atoms with Gasteiger partial charge < -0.3 is 49.7 Å². The molecule has 0 aliphatic heterocycles. The van der Waals surface area contributed by atoms with Crippen LogP contribution in [0.3, 0.4) is 0 Å². The molecule has 4 aromatic carbocycles. The molecule has 0 saturated carbocycles. The molecule has 4 N–H and O–H groups in total. The van der Waals surface area contributed by atoms with Crippen LogP contribution in [-0.4, -0.2) is 67.6 Å². The summed E-state index contributed by atoms with van der Waals surface area (Å²) < 4.78 is 34.4. The summed E-state index contributed by atoms with van der Waals surface area (Å²) in [5.41, 5.74) is 6.19. The van der Waals surface area contributed by atoms with Crippen molar-refractivity contribution in [1.29, 1.82) is 0 Å². The summed E-state index contributed by atoms with van der Waals surface area (Å²) in [5, 5.41) is 12.5. The molecule has 4 aromatic rings. The first-order valence-corrected chi connectivity index (χ1v) is 19.0. The fourth-order valence-corrected chi connectivity index (χ4v) is 8.10. The highest BCUT2D eigenvalue weighted by atomic mass is 16.5.